The number of nitrogens with zero attached hydrogens (tertiary/aromatic N) is 1. The number of rotatable bonds is 6. The first kappa shape index (κ1) is 15.7. The third-order valence-corrected chi connectivity index (χ3v) is 4.32. The Hall–Kier alpha value is -1.72. The Morgan fingerprint density at radius 3 is 2.57 bits per heavy atom. The van der Waals surface area contributed by atoms with Gasteiger partial charge in [-0.2, -0.15) is 11.3 Å². The first-order valence-electron chi connectivity index (χ1n) is 6.67. The van der Waals surface area contributed by atoms with Gasteiger partial charge in [0.1, 0.15) is 0 Å². The van der Waals surface area contributed by atoms with Crippen molar-refractivity contribution in [3.05, 3.63) is 58.3 Å². The molecule has 0 saturated carbocycles. The van der Waals surface area contributed by atoms with Gasteiger partial charge in [-0.25, -0.2) is 0 Å². The molecule has 0 radical (unpaired) electrons. The Morgan fingerprint density at radius 1 is 1.29 bits per heavy atom. The second kappa shape index (κ2) is 7.33. The van der Waals surface area contributed by atoms with Crippen LogP contribution in [0.5, 0.6) is 0 Å². The van der Waals surface area contributed by atoms with Crippen molar-refractivity contribution in [1.29, 1.82) is 0 Å². The van der Waals surface area contributed by atoms with Crippen LogP contribution in [0.3, 0.4) is 0 Å². The van der Waals surface area contributed by atoms with E-state index in [1.807, 2.05) is 47.2 Å². The van der Waals surface area contributed by atoms with Crippen molar-refractivity contribution < 1.29 is 4.79 Å². The second-order valence-electron chi connectivity index (χ2n) is 4.97. The van der Waals surface area contributed by atoms with Crippen LogP contribution in [-0.2, 0) is 17.8 Å². The summed E-state index contributed by atoms with van der Waals surface area (Å²) in [7, 11) is 1.79. The highest BCUT2D eigenvalue weighted by Crippen LogP contribution is 2.15. The van der Waals surface area contributed by atoms with Crippen LogP contribution in [0.4, 0.5) is 0 Å². The Balaban J connectivity index is 2.06. The average molecular weight is 318 g/mol. The molecule has 1 unspecified atom stereocenters. The van der Waals surface area contributed by atoms with E-state index >= 15 is 0 Å². The number of benzene rings is 1. The minimum absolute atomic E-state index is 0.0300. The third-order valence-electron chi connectivity index (χ3n) is 3.30. The lowest BCUT2D eigenvalue weighted by molar-refractivity contribution is -0.132. The first-order chi connectivity index (χ1) is 10.1. The maximum atomic E-state index is 12.6. The summed E-state index contributed by atoms with van der Waals surface area (Å²) in [6.07, 6.45) is 0.545. The fourth-order valence-electron chi connectivity index (χ4n) is 2.16. The molecule has 2 N–H and O–H groups in total. The molecule has 1 aromatic heterocycles. The number of amides is 1. The van der Waals surface area contributed by atoms with Crippen LogP contribution in [-0.4, -0.2) is 22.8 Å². The zero-order valence-corrected chi connectivity index (χ0v) is 13.5. The summed E-state index contributed by atoms with van der Waals surface area (Å²) >= 11 is 6.71. The van der Waals surface area contributed by atoms with Crippen molar-refractivity contribution >= 4 is 34.5 Å². The second-order valence-corrected chi connectivity index (χ2v) is 6.22. The molecular weight excluding hydrogens is 300 g/mol. The van der Waals surface area contributed by atoms with Crippen molar-refractivity contribution in [2.75, 3.05) is 7.05 Å². The monoisotopic (exact) mass is 318 g/mol. The highest BCUT2D eigenvalue weighted by atomic mass is 32.1. The molecule has 3 nitrogen and oxygen atoms in total. The molecule has 0 bridgehead atoms. The molecule has 2 rings (SSSR count). The number of hydrogen-bond donors (Lipinski definition) is 1. The van der Waals surface area contributed by atoms with Gasteiger partial charge in [-0.15, -0.1) is 0 Å². The van der Waals surface area contributed by atoms with E-state index in [2.05, 4.69) is 0 Å². The lowest BCUT2D eigenvalue weighted by Gasteiger charge is -2.23. The van der Waals surface area contributed by atoms with E-state index in [9.17, 15) is 4.79 Å². The van der Waals surface area contributed by atoms with Gasteiger partial charge in [-0.1, -0.05) is 42.5 Å². The Bertz CT molecular complexity index is 596. The SMILES string of the molecule is CN(Cc1ccsc1)C(=O)C(Cc1ccccc1)C(N)=S. The molecule has 1 heterocycles. The number of nitrogens with two attached hydrogens (primary N) is 1. The summed E-state index contributed by atoms with van der Waals surface area (Å²) in [6.45, 7) is 0.580. The van der Waals surface area contributed by atoms with Gasteiger partial charge >= 0.3 is 0 Å². The van der Waals surface area contributed by atoms with Gasteiger partial charge in [0.25, 0.3) is 0 Å². The van der Waals surface area contributed by atoms with E-state index in [-0.39, 0.29) is 10.9 Å². The molecule has 0 saturated heterocycles. The van der Waals surface area contributed by atoms with E-state index in [1.165, 1.54) is 0 Å². The molecule has 1 amide bonds. The molecule has 1 aromatic carbocycles. The Labute approximate surface area is 134 Å². The standard InChI is InChI=1S/C16H18N2OS2/c1-18(10-13-7-8-21-11-13)16(19)14(15(17)20)9-12-5-3-2-4-6-12/h2-8,11,14H,9-10H2,1H3,(H2,17,20). The van der Waals surface area contributed by atoms with Crippen molar-refractivity contribution in [3.8, 4) is 0 Å². The first-order valence-corrected chi connectivity index (χ1v) is 8.02. The highest BCUT2D eigenvalue weighted by Gasteiger charge is 2.25. The van der Waals surface area contributed by atoms with Gasteiger partial charge in [0.2, 0.25) is 5.91 Å². The number of hydrogen-bond acceptors (Lipinski definition) is 3. The van der Waals surface area contributed by atoms with Crippen LogP contribution in [0, 0.1) is 5.92 Å². The number of carbonyl (C=O) groups excluding carboxylic acids is 1. The molecule has 5 heteroatoms. The van der Waals surface area contributed by atoms with E-state index < -0.39 is 5.92 Å². The lowest BCUT2D eigenvalue weighted by atomic mass is 9.98. The van der Waals surface area contributed by atoms with Crippen molar-refractivity contribution in [2.45, 2.75) is 13.0 Å². The van der Waals surface area contributed by atoms with Gasteiger partial charge in [0.15, 0.2) is 0 Å². The normalized spacial score (nSPS) is 11.9. The molecular formula is C16H18N2OS2. The van der Waals surface area contributed by atoms with Gasteiger partial charge < -0.3 is 10.6 Å². The van der Waals surface area contributed by atoms with Crippen LogP contribution >= 0.6 is 23.6 Å². The van der Waals surface area contributed by atoms with E-state index in [1.54, 1.807) is 23.3 Å². The van der Waals surface area contributed by atoms with Crippen molar-refractivity contribution in [3.63, 3.8) is 0 Å². The summed E-state index contributed by atoms with van der Waals surface area (Å²) in [5.41, 5.74) is 7.97. The fourth-order valence-corrected chi connectivity index (χ4v) is 3.00. The molecule has 0 fully saturated rings. The predicted octanol–water partition coefficient (Wildman–Crippen LogP) is 2.85. The summed E-state index contributed by atoms with van der Waals surface area (Å²) in [4.78, 5) is 14.5. The van der Waals surface area contributed by atoms with Crippen LogP contribution in [0.1, 0.15) is 11.1 Å². The minimum Gasteiger partial charge on any atom is -0.393 e. The van der Waals surface area contributed by atoms with Crippen LogP contribution < -0.4 is 5.73 Å². The van der Waals surface area contributed by atoms with Gasteiger partial charge in [-0.3, -0.25) is 4.79 Å². The molecule has 21 heavy (non-hydrogen) atoms. The molecule has 110 valence electrons. The van der Waals surface area contributed by atoms with Gasteiger partial charge in [0.05, 0.1) is 10.9 Å². The van der Waals surface area contributed by atoms with Crippen LogP contribution in [0.25, 0.3) is 0 Å². The van der Waals surface area contributed by atoms with E-state index in [0.29, 0.717) is 13.0 Å². The molecule has 0 aliphatic carbocycles. The smallest absolute Gasteiger partial charge is 0.232 e. The fraction of sp³-hybridized carbons (Fsp3) is 0.250. The Kier molecular flexibility index (Phi) is 5.47. The molecule has 0 aliphatic rings. The van der Waals surface area contributed by atoms with E-state index in [0.717, 1.165) is 11.1 Å². The maximum absolute atomic E-state index is 12.6. The maximum Gasteiger partial charge on any atom is 0.232 e. The predicted molar refractivity (Wildman–Crippen MR) is 91.2 cm³/mol. The topological polar surface area (TPSA) is 46.3 Å². The lowest BCUT2D eigenvalue weighted by Crippen LogP contribution is -2.40. The van der Waals surface area contributed by atoms with E-state index in [4.69, 9.17) is 18.0 Å². The summed E-state index contributed by atoms with van der Waals surface area (Å²) in [6, 6.07) is 11.8. The van der Waals surface area contributed by atoms with Gasteiger partial charge in [-0.05, 0) is 34.4 Å². The number of carbonyl (C=O) groups is 1. The zero-order valence-electron chi connectivity index (χ0n) is 11.9. The number of thiophene rings is 1. The summed E-state index contributed by atoms with van der Waals surface area (Å²) in [5, 5.41) is 4.04. The summed E-state index contributed by atoms with van der Waals surface area (Å²) < 4.78 is 0. The molecule has 0 spiro atoms. The minimum atomic E-state index is -0.453. The van der Waals surface area contributed by atoms with Gasteiger partial charge in [0, 0.05) is 13.6 Å². The quantitative estimate of drug-likeness (QED) is 0.833. The van der Waals surface area contributed by atoms with Crippen LogP contribution in [0.2, 0.25) is 0 Å². The molecule has 1 atom stereocenters. The average Bonchev–Trinajstić information content (AvgIpc) is 2.97. The highest BCUT2D eigenvalue weighted by molar-refractivity contribution is 7.80. The van der Waals surface area contributed by atoms with Crippen molar-refractivity contribution in [1.82, 2.24) is 4.90 Å². The summed E-state index contributed by atoms with van der Waals surface area (Å²) in [5.74, 6) is -0.483. The molecule has 2 aromatic rings. The largest absolute Gasteiger partial charge is 0.393 e. The molecule has 0 aliphatic heterocycles. The third kappa shape index (κ3) is 4.37. The zero-order chi connectivity index (χ0) is 15.2. The van der Waals surface area contributed by atoms with Crippen LogP contribution in [0.15, 0.2) is 47.2 Å². The number of thiocarbonyl (C=S) groups is 1. The van der Waals surface area contributed by atoms with Crippen molar-refractivity contribution in [2.24, 2.45) is 11.7 Å². The Morgan fingerprint density at radius 2 is 2.00 bits per heavy atom.